The minimum Gasteiger partial charge on any atom is -0.387 e. The van der Waals surface area contributed by atoms with Gasteiger partial charge in [0.1, 0.15) is 5.78 Å². The van der Waals surface area contributed by atoms with Gasteiger partial charge in [-0.25, -0.2) is 0 Å². The Bertz CT molecular complexity index is 500. The van der Waals surface area contributed by atoms with Gasteiger partial charge in [0.05, 0.1) is 16.6 Å². The van der Waals surface area contributed by atoms with E-state index in [4.69, 9.17) is 0 Å². The molecule has 0 spiro atoms. The van der Waals surface area contributed by atoms with Gasteiger partial charge in [0.25, 0.3) is 5.69 Å². The summed E-state index contributed by atoms with van der Waals surface area (Å²) >= 11 is 0. The van der Waals surface area contributed by atoms with E-state index in [0.29, 0.717) is 18.8 Å². The molecule has 1 aliphatic carbocycles. The average Bonchev–Trinajstić information content (AvgIpc) is 2.40. The van der Waals surface area contributed by atoms with Crippen LogP contribution in [0.25, 0.3) is 0 Å². The first-order chi connectivity index (χ1) is 9.00. The summed E-state index contributed by atoms with van der Waals surface area (Å²) in [7, 11) is 0. The van der Waals surface area contributed by atoms with Crippen molar-refractivity contribution in [1.82, 2.24) is 0 Å². The molecule has 0 heterocycles. The number of aliphatic hydroxyl groups is 1. The number of nitro benzene ring substituents is 1. The van der Waals surface area contributed by atoms with Gasteiger partial charge in [-0.15, -0.1) is 0 Å². The third-order valence-electron chi connectivity index (χ3n) is 3.79. The van der Waals surface area contributed by atoms with E-state index in [-0.39, 0.29) is 17.0 Å². The van der Waals surface area contributed by atoms with Crippen LogP contribution in [0, 0.1) is 22.0 Å². The molecule has 0 aromatic heterocycles. The smallest absolute Gasteiger partial charge is 0.275 e. The monoisotopic (exact) mass is 263 g/mol. The Hall–Kier alpha value is -1.75. The van der Waals surface area contributed by atoms with E-state index in [1.807, 2.05) is 6.92 Å². The number of nitrogens with zero attached hydrogens (tertiary/aromatic N) is 1. The van der Waals surface area contributed by atoms with Crippen molar-refractivity contribution in [2.24, 2.45) is 11.8 Å². The lowest BCUT2D eigenvalue weighted by atomic mass is 9.77. The molecular formula is C14H17NO4. The van der Waals surface area contributed by atoms with Crippen LogP contribution >= 0.6 is 0 Å². The maximum atomic E-state index is 11.9. The number of hydrogen-bond acceptors (Lipinski definition) is 4. The number of nitro groups is 1. The Morgan fingerprint density at radius 3 is 2.79 bits per heavy atom. The minimum atomic E-state index is -1.09. The fraction of sp³-hybridized carbons (Fsp3) is 0.500. The summed E-state index contributed by atoms with van der Waals surface area (Å²) in [4.78, 5) is 22.4. The van der Waals surface area contributed by atoms with Crippen molar-refractivity contribution >= 4 is 11.5 Å². The molecule has 102 valence electrons. The number of rotatable bonds is 3. The Morgan fingerprint density at radius 2 is 2.11 bits per heavy atom. The zero-order valence-electron chi connectivity index (χ0n) is 10.8. The van der Waals surface area contributed by atoms with Crippen molar-refractivity contribution in [3.8, 4) is 0 Å². The number of para-hydroxylation sites is 1. The van der Waals surface area contributed by atoms with Crippen molar-refractivity contribution < 1.29 is 14.8 Å². The maximum Gasteiger partial charge on any atom is 0.275 e. The molecule has 0 amide bonds. The van der Waals surface area contributed by atoms with Crippen molar-refractivity contribution in [3.63, 3.8) is 0 Å². The first kappa shape index (κ1) is 13.7. The third kappa shape index (κ3) is 2.81. The molecule has 1 fully saturated rings. The molecule has 0 aliphatic heterocycles. The summed E-state index contributed by atoms with van der Waals surface area (Å²) < 4.78 is 0. The van der Waals surface area contributed by atoms with Gasteiger partial charge in [0, 0.05) is 18.4 Å². The average molecular weight is 263 g/mol. The zero-order chi connectivity index (χ0) is 14.0. The first-order valence-electron chi connectivity index (χ1n) is 6.44. The molecular weight excluding hydrogens is 246 g/mol. The predicted molar refractivity (Wildman–Crippen MR) is 69.6 cm³/mol. The van der Waals surface area contributed by atoms with E-state index in [9.17, 15) is 20.0 Å². The van der Waals surface area contributed by atoms with E-state index in [1.54, 1.807) is 12.1 Å². The van der Waals surface area contributed by atoms with Crippen molar-refractivity contribution in [2.45, 2.75) is 32.3 Å². The summed E-state index contributed by atoms with van der Waals surface area (Å²) in [5.74, 6) is -0.159. The van der Waals surface area contributed by atoms with Gasteiger partial charge >= 0.3 is 0 Å². The van der Waals surface area contributed by atoms with E-state index in [2.05, 4.69) is 0 Å². The highest BCUT2D eigenvalue weighted by molar-refractivity contribution is 5.82. The molecule has 1 N–H and O–H groups in total. The Kier molecular flexibility index (Phi) is 3.95. The summed E-state index contributed by atoms with van der Waals surface area (Å²) in [6, 6.07) is 6.08. The van der Waals surface area contributed by atoms with Gasteiger partial charge < -0.3 is 5.11 Å². The van der Waals surface area contributed by atoms with Crippen LogP contribution in [0.3, 0.4) is 0 Å². The Balaban J connectivity index is 2.30. The second-order valence-corrected chi connectivity index (χ2v) is 5.21. The van der Waals surface area contributed by atoms with E-state index in [0.717, 1.165) is 6.42 Å². The molecule has 5 nitrogen and oxygen atoms in total. The summed E-state index contributed by atoms with van der Waals surface area (Å²) in [6.07, 6.45) is 0.783. The lowest BCUT2D eigenvalue weighted by Crippen LogP contribution is -2.29. The van der Waals surface area contributed by atoms with Gasteiger partial charge in [0.2, 0.25) is 0 Å². The molecule has 1 aliphatic rings. The number of benzene rings is 1. The molecule has 1 aromatic carbocycles. The molecule has 0 saturated heterocycles. The lowest BCUT2D eigenvalue weighted by Gasteiger charge is -2.29. The summed E-state index contributed by atoms with van der Waals surface area (Å²) in [5, 5.41) is 21.3. The fourth-order valence-electron chi connectivity index (χ4n) is 2.68. The van der Waals surface area contributed by atoms with E-state index in [1.165, 1.54) is 12.1 Å². The molecule has 0 bridgehead atoms. The molecule has 19 heavy (non-hydrogen) atoms. The third-order valence-corrected chi connectivity index (χ3v) is 3.79. The van der Waals surface area contributed by atoms with Gasteiger partial charge in [-0.05, 0) is 24.8 Å². The topological polar surface area (TPSA) is 80.4 Å². The van der Waals surface area contributed by atoms with E-state index >= 15 is 0 Å². The predicted octanol–water partition coefficient (Wildman–Crippen LogP) is 2.63. The summed E-state index contributed by atoms with van der Waals surface area (Å²) in [5.41, 5.74) is 0.112. The number of Topliss-reactive ketones (excluding diaryl/α,β-unsaturated/α-hetero) is 1. The van der Waals surface area contributed by atoms with Crippen LogP contribution in [0.4, 0.5) is 5.69 Å². The molecule has 0 unspecified atom stereocenters. The van der Waals surface area contributed by atoms with Crippen molar-refractivity contribution in [3.05, 3.63) is 39.9 Å². The Labute approximate surface area is 111 Å². The maximum absolute atomic E-state index is 11.9. The van der Waals surface area contributed by atoms with Crippen LogP contribution in [0.2, 0.25) is 0 Å². The second kappa shape index (κ2) is 5.48. The summed E-state index contributed by atoms with van der Waals surface area (Å²) in [6.45, 7) is 2.03. The highest BCUT2D eigenvalue weighted by atomic mass is 16.6. The second-order valence-electron chi connectivity index (χ2n) is 5.21. The van der Waals surface area contributed by atoms with Crippen LogP contribution in [-0.2, 0) is 4.79 Å². The van der Waals surface area contributed by atoms with Gasteiger partial charge in [-0.1, -0.05) is 19.1 Å². The fourth-order valence-corrected chi connectivity index (χ4v) is 2.68. The van der Waals surface area contributed by atoms with Crippen LogP contribution in [-0.4, -0.2) is 15.8 Å². The van der Waals surface area contributed by atoms with Gasteiger partial charge in [-0.2, -0.15) is 0 Å². The van der Waals surface area contributed by atoms with Crippen molar-refractivity contribution in [2.75, 3.05) is 0 Å². The SMILES string of the molecule is C[C@H]1CCC(=O)[C@H]([C@@H](O)c2ccccc2[N+](=O)[O-])C1. The number of aliphatic hydroxyl groups excluding tert-OH is 1. The largest absolute Gasteiger partial charge is 0.387 e. The molecule has 3 atom stereocenters. The van der Waals surface area contributed by atoms with Gasteiger partial charge in [-0.3, -0.25) is 14.9 Å². The molecule has 1 aromatic rings. The minimum absolute atomic E-state index is 0.00347. The van der Waals surface area contributed by atoms with Gasteiger partial charge in [0.15, 0.2) is 0 Å². The highest BCUT2D eigenvalue weighted by Crippen LogP contribution is 2.37. The molecule has 1 saturated carbocycles. The molecule has 5 heteroatoms. The van der Waals surface area contributed by atoms with Crippen LogP contribution in [0.1, 0.15) is 37.9 Å². The Morgan fingerprint density at radius 1 is 1.42 bits per heavy atom. The van der Waals surface area contributed by atoms with Crippen molar-refractivity contribution in [1.29, 1.82) is 0 Å². The number of ketones is 1. The van der Waals surface area contributed by atoms with E-state index < -0.39 is 16.9 Å². The first-order valence-corrected chi connectivity index (χ1v) is 6.44. The molecule has 2 rings (SSSR count). The number of hydrogen-bond donors (Lipinski definition) is 1. The van der Waals surface area contributed by atoms with Crippen LogP contribution < -0.4 is 0 Å². The van der Waals surface area contributed by atoms with Crippen LogP contribution in [0.5, 0.6) is 0 Å². The zero-order valence-corrected chi connectivity index (χ0v) is 10.8. The lowest BCUT2D eigenvalue weighted by molar-refractivity contribution is -0.386. The highest BCUT2D eigenvalue weighted by Gasteiger charge is 2.35. The quantitative estimate of drug-likeness (QED) is 0.671. The molecule has 0 radical (unpaired) electrons. The normalized spacial score (nSPS) is 25.1. The number of carbonyl (C=O) groups is 1. The van der Waals surface area contributed by atoms with Crippen LogP contribution in [0.15, 0.2) is 24.3 Å². The number of carbonyl (C=O) groups excluding carboxylic acids is 1. The standard InChI is InChI=1S/C14H17NO4/c1-9-6-7-13(16)11(8-9)14(17)10-4-2-3-5-12(10)15(18)19/h2-5,9,11,14,17H,6-8H2,1H3/t9-,11+,14-/m0/s1.